The van der Waals surface area contributed by atoms with Crippen LogP contribution in [0.1, 0.15) is 24.0 Å². The minimum atomic E-state index is -4.46. The van der Waals surface area contributed by atoms with Crippen LogP contribution in [-0.2, 0) is 23.2 Å². The summed E-state index contributed by atoms with van der Waals surface area (Å²) >= 11 is 0. The maximum atomic E-state index is 10.7. The second-order valence-electron chi connectivity index (χ2n) is 4.80. The monoisotopic (exact) mass is 278 g/mol. The molecule has 2 aromatic rings. The molecule has 4 nitrogen and oxygen atoms in total. The molecule has 0 spiro atoms. The lowest BCUT2D eigenvalue weighted by molar-refractivity contribution is 0.387. The maximum Gasteiger partial charge on any atom is 0.446 e. The van der Waals surface area contributed by atoms with Crippen molar-refractivity contribution in [3.8, 4) is 5.75 Å². The molecule has 1 aliphatic rings. The van der Waals surface area contributed by atoms with Crippen molar-refractivity contribution in [2.24, 2.45) is 0 Å². The van der Waals surface area contributed by atoms with Gasteiger partial charge in [-0.1, -0.05) is 18.2 Å². The summed E-state index contributed by atoms with van der Waals surface area (Å²) in [5.74, 6) is 0.130. The van der Waals surface area contributed by atoms with Gasteiger partial charge in [-0.15, -0.1) is 0 Å². The summed E-state index contributed by atoms with van der Waals surface area (Å²) in [5, 5.41) is 2.07. The van der Waals surface area contributed by atoms with E-state index in [0.29, 0.717) is 0 Å². The Morgan fingerprint density at radius 2 is 1.84 bits per heavy atom. The van der Waals surface area contributed by atoms with Gasteiger partial charge in [0.15, 0.2) is 0 Å². The van der Waals surface area contributed by atoms with Gasteiger partial charge in [0.1, 0.15) is 5.75 Å². The quantitative estimate of drug-likeness (QED) is 0.858. The van der Waals surface area contributed by atoms with Gasteiger partial charge in [-0.05, 0) is 59.7 Å². The molecule has 0 radical (unpaired) electrons. The van der Waals surface area contributed by atoms with Crippen molar-refractivity contribution in [2.45, 2.75) is 25.7 Å². The maximum absolute atomic E-state index is 10.7. The molecule has 0 fully saturated rings. The van der Waals surface area contributed by atoms with Crippen molar-refractivity contribution >= 4 is 21.2 Å². The van der Waals surface area contributed by atoms with E-state index in [1.54, 1.807) is 12.1 Å². The lowest BCUT2D eigenvalue weighted by Gasteiger charge is -2.18. The zero-order valence-corrected chi connectivity index (χ0v) is 11.1. The van der Waals surface area contributed by atoms with Crippen LogP contribution in [0.2, 0.25) is 0 Å². The summed E-state index contributed by atoms with van der Waals surface area (Å²) in [6, 6.07) is 9.13. The third-order valence-corrected chi connectivity index (χ3v) is 3.93. The lowest BCUT2D eigenvalue weighted by Crippen LogP contribution is -2.07. The lowest BCUT2D eigenvalue weighted by atomic mass is 9.88. The van der Waals surface area contributed by atoms with Gasteiger partial charge >= 0.3 is 10.4 Å². The predicted octanol–water partition coefficient (Wildman–Crippen LogP) is 2.90. The van der Waals surface area contributed by atoms with Crippen LogP contribution in [-0.4, -0.2) is 13.0 Å². The molecule has 0 unspecified atom stereocenters. The molecule has 2 aromatic carbocycles. The Morgan fingerprint density at radius 1 is 1.05 bits per heavy atom. The minimum Gasteiger partial charge on any atom is -0.362 e. The molecule has 1 N–H and O–H groups in total. The molecule has 1 aliphatic carbocycles. The molecule has 0 bridgehead atoms. The highest BCUT2D eigenvalue weighted by molar-refractivity contribution is 7.81. The van der Waals surface area contributed by atoms with Crippen LogP contribution in [0.4, 0.5) is 0 Å². The van der Waals surface area contributed by atoms with Gasteiger partial charge in [0.2, 0.25) is 0 Å². The van der Waals surface area contributed by atoms with E-state index in [-0.39, 0.29) is 5.75 Å². The van der Waals surface area contributed by atoms with Gasteiger partial charge in [-0.2, -0.15) is 8.42 Å². The van der Waals surface area contributed by atoms with Gasteiger partial charge in [0, 0.05) is 0 Å². The highest BCUT2D eigenvalue weighted by atomic mass is 32.3. The van der Waals surface area contributed by atoms with Gasteiger partial charge < -0.3 is 4.18 Å². The smallest absolute Gasteiger partial charge is 0.362 e. The van der Waals surface area contributed by atoms with Crippen molar-refractivity contribution in [2.75, 3.05) is 0 Å². The van der Waals surface area contributed by atoms with E-state index in [1.807, 2.05) is 12.1 Å². The Balaban J connectivity index is 2.10. The topological polar surface area (TPSA) is 63.6 Å². The number of rotatable bonds is 2. The fourth-order valence-corrected chi connectivity index (χ4v) is 3.08. The SMILES string of the molecule is O=S(=O)(O)Oc1ccc2c3c(ccc2c1)CCCC3. The summed E-state index contributed by atoms with van der Waals surface area (Å²) in [6.45, 7) is 0. The van der Waals surface area contributed by atoms with E-state index in [9.17, 15) is 8.42 Å². The average Bonchev–Trinajstić information content (AvgIpc) is 2.36. The number of fused-ring (bicyclic) bond motifs is 3. The zero-order chi connectivity index (χ0) is 13.5. The molecule has 3 rings (SSSR count). The number of hydrogen-bond acceptors (Lipinski definition) is 3. The molecule has 100 valence electrons. The van der Waals surface area contributed by atoms with Crippen molar-refractivity contribution in [3.05, 3.63) is 41.5 Å². The fraction of sp³-hybridized carbons (Fsp3) is 0.286. The normalized spacial score (nSPS) is 15.2. The molecule has 19 heavy (non-hydrogen) atoms. The van der Waals surface area contributed by atoms with Crippen LogP contribution in [0.15, 0.2) is 30.3 Å². The van der Waals surface area contributed by atoms with Crippen LogP contribution in [0.3, 0.4) is 0 Å². The largest absolute Gasteiger partial charge is 0.446 e. The van der Waals surface area contributed by atoms with Gasteiger partial charge in [0.05, 0.1) is 0 Å². The molecule has 5 heteroatoms. The Labute approximate surface area is 112 Å². The molecule has 0 amide bonds. The van der Waals surface area contributed by atoms with E-state index in [2.05, 4.69) is 10.2 Å². The van der Waals surface area contributed by atoms with Gasteiger partial charge in [-0.25, -0.2) is 0 Å². The molecule has 0 atom stereocenters. The first-order valence-electron chi connectivity index (χ1n) is 6.24. The summed E-state index contributed by atoms with van der Waals surface area (Å²) in [6.07, 6.45) is 4.58. The van der Waals surface area contributed by atoms with Crippen molar-refractivity contribution in [1.82, 2.24) is 0 Å². The fourth-order valence-electron chi connectivity index (χ4n) is 2.74. The van der Waals surface area contributed by atoms with E-state index >= 15 is 0 Å². The molecule has 0 heterocycles. The molecular weight excluding hydrogens is 264 g/mol. The van der Waals surface area contributed by atoms with Crippen LogP contribution < -0.4 is 4.18 Å². The number of aryl methyl sites for hydroxylation is 2. The zero-order valence-electron chi connectivity index (χ0n) is 10.3. The van der Waals surface area contributed by atoms with E-state index in [4.69, 9.17) is 4.55 Å². The summed E-state index contributed by atoms with van der Waals surface area (Å²) in [7, 11) is -4.46. The Kier molecular flexibility index (Phi) is 2.95. The van der Waals surface area contributed by atoms with E-state index < -0.39 is 10.4 Å². The van der Waals surface area contributed by atoms with Crippen molar-refractivity contribution in [3.63, 3.8) is 0 Å². The Morgan fingerprint density at radius 3 is 2.63 bits per heavy atom. The number of benzene rings is 2. The minimum absolute atomic E-state index is 0.130. The predicted molar refractivity (Wildman–Crippen MR) is 72.8 cm³/mol. The van der Waals surface area contributed by atoms with Crippen LogP contribution in [0.25, 0.3) is 10.8 Å². The van der Waals surface area contributed by atoms with Crippen molar-refractivity contribution < 1.29 is 17.2 Å². The third-order valence-electron chi connectivity index (χ3n) is 3.52. The first kappa shape index (κ1) is 12.4. The molecule has 0 aliphatic heterocycles. The summed E-state index contributed by atoms with van der Waals surface area (Å²) < 4.78 is 34.6. The van der Waals surface area contributed by atoms with Gasteiger partial charge in [0.25, 0.3) is 0 Å². The van der Waals surface area contributed by atoms with Crippen LogP contribution in [0, 0.1) is 0 Å². The second kappa shape index (κ2) is 4.51. The van der Waals surface area contributed by atoms with Crippen LogP contribution in [0.5, 0.6) is 5.75 Å². The number of hydrogen-bond donors (Lipinski definition) is 1. The molecular formula is C14H14O4S. The van der Waals surface area contributed by atoms with E-state index in [0.717, 1.165) is 23.6 Å². The van der Waals surface area contributed by atoms with Crippen LogP contribution >= 0.6 is 0 Å². The standard InChI is InChI=1S/C14H14O4S/c15-19(16,17)18-12-7-8-14-11(9-12)6-5-10-3-1-2-4-13(10)14/h5-9H,1-4H2,(H,15,16,17). The van der Waals surface area contributed by atoms with E-state index in [1.165, 1.54) is 24.0 Å². The third kappa shape index (κ3) is 2.57. The summed E-state index contributed by atoms with van der Waals surface area (Å²) in [5.41, 5.74) is 2.73. The first-order valence-corrected chi connectivity index (χ1v) is 7.61. The molecule has 0 aromatic heterocycles. The highest BCUT2D eigenvalue weighted by Gasteiger charge is 2.13. The first-order chi connectivity index (χ1) is 9.03. The Bertz CT molecular complexity index is 734. The average molecular weight is 278 g/mol. The Hall–Kier alpha value is -1.59. The second-order valence-corrected chi connectivity index (χ2v) is 5.83. The summed E-state index contributed by atoms with van der Waals surface area (Å²) in [4.78, 5) is 0. The van der Waals surface area contributed by atoms with Crippen molar-refractivity contribution in [1.29, 1.82) is 0 Å². The molecule has 0 saturated carbocycles. The highest BCUT2D eigenvalue weighted by Crippen LogP contribution is 2.31. The van der Waals surface area contributed by atoms with Gasteiger partial charge in [-0.3, -0.25) is 4.55 Å². The molecule has 0 saturated heterocycles.